The van der Waals surface area contributed by atoms with Crippen molar-refractivity contribution in [3.8, 4) is 0 Å². The van der Waals surface area contributed by atoms with E-state index in [2.05, 4.69) is 0 Å². The maximum Gasteiger partial charge on any atom is 0.181 e. The van der Waals surface area contributed by atoms with Crippen molar-refractivity contribution in [3.63, 3.8) is 0 Å². The highest BCUT2D eigenvalue weighted by Gasteiger charge is 2.36. The molecule has 1 fully saturated rings. The van der Waals surface area contributed by atoms with Crippen molar-refractivity contribution in [1.29, 1.82) is 0 Å². The van der Waals surface area contributed by atoms with E-state index in [1.165, 1.54) is 12.1 Å². The molecule has 21 heavy (non-hydrogen) atoms. The fourth-order valence-corrected chi connectivity index (χ4v) is 5.82. The maximum atomic E-state index is 13.5. The Balaban J connectivity index is 2.33. The van der Waals surface area contributed by atoms with E-state index in [0.717, 1.165) is 12.3 Å². The van der Waals surface area contributed by atoms with E-state index >= 15 is 0 Å². The Labute approximate surface area is 124 Å². The Morgan fingerprint density at radius 2 is 1.76 bits per heavy atom. The third-order valence-corrected chi connectivity index (χ3v) is 7.78. The number of nitrogens with two attached hydrogens (primary N) is 1. The predicted octanol–water partition coefficient (Wildman–Crippen LogP) is 1.54. The minimum absolute atomic E-state index is 0.0627. The normalized spacial score (nSPS) is 23.9. The van der Waals surface area contributed by atoms with Crippen molar-refractivity contribution in [2.45, 2.75) is 41.1 Å². The Morgan fingerprint density at radius 1 is 1.14 bits per heavy atom. The van der Waals surface area contributed by atoms with Crippen molar-refractivity contribution in [2.75, 3.05) is 12.0 Å². The molecule has 1 aliphatic carbocycles. The van der Waals surface area contributed by atoms with E-state index in [1.54, 1.807) is 0 Å². The first kappa shape index (κ1) is 16.2. The van der Waals surface area contributed by atoms with Crippen LogP contribution in [0.3, 0.4) is 0 Å². The summed E-state index contributed by atoms with van der Waals surface area (Å²) in [5.41, 5.74) is 5.22. The zero-order valence-corrected chi connectivity index (χ0v) is 13.3. The quantitative estimate of drug-likeness (QED) is 0.846. The fourth-order valence-electron chi connectivity index (χ4n) is 2.65. The first-order valence-electron chi connectivity index (χ1n) is 6.60. The van der Waals surface area contributed by atoms with Crippen LogP contribution >= 0.6 is 0 Å². The van der Waals surface area contributed by atoms with Gasteiger partial charge in [-0.2, -0.15) is 0 Å². The molecule has 118 valence electrons. The van der Waals surface area contributed by atoms with E-state index in [1.807, 2.05) is 0 Å². The lowest BCUT2D eigenvalue weighted by Crippen LogP contribution is -2.34. The summed E-state index contributed by atoms with van der Waals surface area (Å²) in [5.74, 6) is -0.786. The van der Waals surface area contributed by atoms with Gasteiger partial charge in [-0.25, -0.2) is 21.2 Å². The molecule has 0 spiro atoms. The lowest BCUT2D eigenvalue weighted by Gasteiger charge is -2.27. The second-order valence-electron chi connectivity index (χ2n) is 5.47. The number of hydrogen-bond donors (Lipinski definition) is 1. The van der Waals surface area contributed by atoms with E-state index in [4.69, 9.17) is 5.73 Å². The molecule has 0 heterocycles. The van der Waals surface area contributed by atoms with Crippen LogP contribution in [0.1, 0.15) is 25.7 Å². The van der Waals surface area contributed by atoms with Crippen LogP contribution in [0.4, 0.5) is 10.1 Å². The van der Waals surface area contributed by atoms with Gasteiger partial charge in [-0.15, -0.1) is 0 Å². The summed E-state index contributed by atoms with van der Waals surface area (Å²) in [4.78, 5) is -0.145. The number of hydrogen-bond acceptors (Lipinski definition) is 5. The van der Waals surface area contributed by atoms with Gasteiger partial charge in [0.05, 0.1) is 21.1 Å². The van der Waals surface area contributed by atoms with Gasteiger partial charge in [-0.1, -0.05) is 6.42 Å². The molecule has 0 aromatic heterocycles. The molecule has 0 radical (unpaired) electrons. The molecule has 0 amide bonds. The summed E-state index contributed by atoms with van der Waals surface area (Å²) in [6, 6.07) is 3.37. The number of benzene rings is 1. The van der Waals surface area contributed by atoms with Crippen molar-refractivity contribution in [1.82, 2.24) is 0 Å². The topological polar surface area (TPSA) is 94.3 Å². The van der Waals surface area contributed by atoms with Gasteiger partial charge in [0.1, 0.15) is 15.7 Å². The lowest BCUT2D eigenvalue weighted by molar-refractivity contribution is 0.472. The highest BCUT2D eigenvalue weighted by atomic mass is 32.2. The predicted molar refractivity (Wildman–Crippen MR) is 78.9 cm³/mol. The summed E-state index contributed by atoms with van der Waals surface area (Å²) in [6.45, 7) is 0. The molecule has 1 aromatic rings. The fraction of sp³-hybridized carbons (Fsp3) is 0.538. The first-order chi connectivity index (χ1) is 9.62. The summed E-state index contributed by atoms with van der Waals surface area (Å²) >= 11 is 0. The van der Waals surface area contributed by atoms with Crippen LogP contribution in [0.15, 0.2) is 23.1 Å². The molecule has 5 nitrogen and oxygen atoms in total. The number of sulfone groups is 2. The molecule has 0 saturated heterocycles. The molecule has 0 bridgehead atoms. The van der Waals surface area contributed by atoms with Crippen molar-refractivity contribution in [2.24, 2.45) is 0 Å². The van der Waals surface area contributed by atoms with Gasteiger partial charge in [0.25, 0.3) is 0 Å². The zero-order valence-electron chi connectivity index (χ0n) is 11.6. The van der Waals surface area contributed by atoms with Crippen molar-refractivity contribution < 1.29 is 21.2 Å². The Morgan fingerprint density at radius 3 is 2.33 bits per heavy atom. The average Bonchev–Trinajstić information content (AvgIpc) is 2.41. The van der Waals surface area contributed by atoms with Crippen LogP contribution in [0, 0.1) is 5.82 Å². The molecular formula is C13H18FNO4S2. The Kier molecular flexibility index (Phi) is 4.30. The van der Waals surface area contributed by atoms with Crippen LogP contribution in [0.5, 0.6) is 0 Å². The number of anilines is 1. The van der Waals surface area contributed by atoms with Crippen LogP contribution < -0.4 is 5.73 Å². The van der Waals surface area contributed by atoms with Gasteiger partial charge < -0.3 is 5.73 Å². The lowest BCUT2D eigenvalue weighted by atomic mass is 10.00. The third kappa shape index (κ3) is 3.37. The summed E-state index contributed by atoms with van der Waals surface area (Å²) < 4.78 is 61.7. The molecule has 8 heteroatoms. The zero-order chi connectivity index (χ0) is 15.8. The first-order valence-corrected chi connectivity index (χ1v) is 10.1. The van der Waals surface area contributed by atoms with Crippen LogP contribution in [-0.2, 0) is 19.7 Å². The Bertz CT molecular complexity index is 743. The number of nitrogen functional groups attached to an aromatic ring is 1. The van der Waals surface area contributed by atoms with E-state index in [-0.39, 0.29) is 17.0 Å². The molecule has 1 aliphatic rings. The van der Waals surface area contributed by atoms with Gasteiger partial charge in [-0.05, 0) is 37.5 Å². The standard InChI is InChI=1S/C13H18FNO4S2/c1-20(16,17)9-3-2-4-10(7-9)21(18,19)11-5-6-13(15)12(14)8-11/h5-6,8-10H,2-4,7,15H2,1H3. The molecule has 2 rings (SSSR count). The van der Waals surface area contributed by atoms with Gasteiger partial charge in [0, 0.05) is 6.26 Å². The molecule has 1 saturated carbocycles. The highest BCUT2D eigenvalue weighted by molar-refractivity contribution is 7.92. The van der Waals surface area contributed by atoms with Gasteiger partial charge >= 0.3 is 0 Å². The monoisotopic (exact) mass is 335 g/mol. The molecule has 2 N–H and O–H groups in total. The van der Waals surface area contributed by atoms with Gasteiger partial charge in [0.2, 0.25) is 0 Å². The largest absolute Gasteiger partial charge is 0.396 e. The second kappa shape index (κ2) is 5.57. The molecule has 0 aliphatic heterocycles. The summed E-state index contributed by atoms with van der Waals surface area (Å²) in [5, 5.41) is -1.45. The molecule has 1 aromatic carbocycles. The van der Waals surface area contributed by atoms with E-state index < -0.39 is 36.0 Å². The Hall–Kier alpha value is -1.15. The molecule has 2 unspecified atom stereocenters. The van der Waals surface area contributed by atoms with E-state index in [9.17, 15) is 21.2 Å². The minimum Gasteiger partial charge on any atom is -0.396 e. The van der Waals surface area contributed by atoms with Crippen LogP contribution in [0.25, 0.3) is 0 Å². The maximum absolute atomic E-state index is 13.5. The SMILES string of the molecule is CS(=O)(=O)C1CCCC(S(=O)(=O)c2ccc(N)c(F)c2)C1. The van der Waals surface area contributed by atoms with E-state index in [0.29, 0.717) is 19.3 Å². The summed E-state index contributed by atoms with van der Waals surface area (Å²) in [7, 11) is -7.03. The van der Waals surface area contributed by atoms with Gasteiger partial charge in [-0.3, -0.25) is 0 Å². The molecular weight excluding hydrogens is 317 g/mol. The smallest absolute Gasteiger partial charge is 0.181 e. The van der Waals surface area contributed by atoms with Crippen LogP contribution in [-0.4, -0.2) is 33.6 Å². The third-order valence-electron chi connectivity index (χ3n) is 3.92. The number of halogens is 1. The second-order valence-corrected chi connectivity index (χ2v) is 10.0. The van der Waals surface area contributed by atoms with Gasteiger partial charge in [0.15, 0.2) is 9.84 Å². The van der Waals surface area contributed by atoms with Crippen LogP contribution in [0.2, 0.25) is 0 Å². The molecule has 2 atom stereocenters. The van der Waals surface area contributed by atoms with Crippen molar-refractivity contribution in [3.05, 3.63) is 24.0 Å². The minimum atomic E-state index is -3.75. The highest BCUT2D eigenvalue weighted by Crippen LogP contribution is 2.32. The van der Waals surface area contributed by atoms with Crippen molar-refractivity contribution >= 4 is 25.4 Å². The average molecular weight is 335 g/mol. The number of rotatable bonds is 3. The summed E-state index contributed by atoms with van der Waals surface area (Å²) in [6.07, 6.45) is 2.57.